The Hall–Kier alpha value is -14.9. The fourth-order valence-corrected chi connectivity index (χ4v) is 24.9. The standard InChI is InChI=1S/C59H39N2OP.C53H35N2OP/c62-63(49-18-8-3-9-19-49)57-23-13-11-20-50(57)51-36-37-56-58(59(51)63)52-21-10-12-22-55(52)61(56)48-34-32-46(33-35-48)54-39-47(44-26-24-42(25-27-44)40-14-4-1-5-15-40)38-53(60-54)45-30-28-43(29-31-45)41-16-6-2-7-17-41;56-57(43-18-8-3-9-19-43)51-23-13-11-20-44(51)45-32-33-50-52(53(45)57)46-21-10-12-22-49(46)55(50)42-30-28-38(29-31-42)41-34-47(39-16-6-2-7-17-39)54-48(35-41)40-26-24-37(25-27-40)36-14-4-1-5-15-36/h1-39H;1-35H. The number of rotatable bonds is 13. The van der Waals surface area contributed by atoms with Crippen LogP contribution < -0.4 is 31.8 Å². The van der Waals surface area contributed by atoms with Gasteiger partial charge in [-0.25, -0.2) is 9.97 Å². The van der Waals surface area contributed by atoms with E-state index in [1.165, 1.54) is 33.4 Å². The molecule has 0 aliphatic carbocycles. The third-order valence-corrected chi connectivity index (χ3v) is 30.4. The summed E-state index contributed by atoms with van der Waals surface area (Å²) in [6.07, 6.45) is 0. The largest absolute Gasteiger partial charge is 0.309 e. The lowest BCUT2D eigenvalue weighted by atomic mass is 9.97. The molecule has 564 valence electrons. The third-order valence-electron chi connectivity index (χ3n) is 24.1. The lowest BCUT2D eigenvalue weighted by molar-refractivity contribution is 0.592. The molecule has 0 fully saturated rings. The quantitative estimate of drug-likeness (QED) is 0.108. The van der Waals surface area contributed by atoms with Crippen molar-refractivity contribution in [2.24, 2.45) is 0 Å². The summed E-state index contributed by atoms with van der Waals surface area (Å²) in [5, 5.41) is 9.71. The molecule has 0 saturated carbocycles. The summed E-state index contributed by atoms with van der Waals surface area (Å²) >= 11 is 0. The van der Waals surface area contributed by atoms with E-state index in [1.807, 2.05) is 91.0 Å². The summed E-state index contributed by atoms with van der Waals surface area (Å²) in [5.74, 6) is 0. The van der Waals surface area contributed by atoms with Crippen molar-refractivity contribution in [1.82, 2.24) is 19.1 Å². The number of hydrogen-bond donors (Lipinski definition) is 0. The molecule has 2 atom stereocenters. The van der Waals surface area contributed by atoms with Crippen LogP contribution >= 0.6 is 14.3 Å². The molecule has 17 aromatic carbocycles. The molecule has 0 N–H and O–H groups in total. The first-order valence-corrected chi connectivity index (χ1v) is 44.1. The normalized spacial score (nSPS) is 14.3. The van der Waals surface area contributed by atoms with Crippen LogP contribution in [0.1, 0.15) is 0 Å². The second-order valence-electron chi connectivity index (χ2n) is 30.9. The second-order valence-corrected chi connectivity index (χ2v) is 36.2. The van der Waals surface area contributed by atoms with Gasteiger partial charge >= 0.3 is 0 Å². The summed E-state index contributed by atoms with van der Waals surface area (Å²) in [5.41, 5.74) is 30.0. The van der Waals surface area contributed by atoms with E-state index in [0.29, 0.717) is 0 Å². The Morgan fingerprint density at radius 2 is 0.442 bits per heavy atom. The van der Waals surface area contributed by atoms with E-state index >= 15 is 9.13 Å². The van der Waals surface area contributed by atoms with E-state index in [-0.39, 0.29) is 0 Å². The maximum Gasteiger partial charge on any atom is 0.172 e. The lowest BCUT2D eigenvalue weighted by Crippen LogP contribution is -2.21. The van der Waals surface area contributed by atoms with Crippen molar-refractivity contribution in [2.45, 2.75) is 0 Å². The molecular formula is C112H74N4O2P2. The Morgan fingerprint density at radius 1 is 0.192 bits per heavy atom. The smallest absolute Gasteiger partial charge is 0.172 e. The average Bonchev–Trinajstić information content (AvgIpc) is 1.53. The van der Waals surface area contributed by atoms with Gasteiger partial charge in [-0.15, -0.1) is 0 Å². The van der Waals surface area contributed by atoms with Crippen LogP contribution in [0.2, 0.25) is 0 Å². The SMILES string of the molecule is O=P1(c2ccccc2)c2ccccc2-c2ccc3c(c21)c1ccccc1n3-c1ccc(-c2cc(-c3ccc(-c4ccccc4)cc3)cc(-c3ccc(-c4ccccc4)cc3)n2)cc1.O=P1(c2ccccc2)c2ccccc2-c2ccc3c(c21)c1ccccc1n3-c1ccc(-c2cc(-c3ccccc3)nc(-c3ccc(-c4ccccc4)cc3)c2)cc1. The van der Waals surface area contributed by atoms with Gasteiger partial charge in [-0.1, -0.05) is 376 Å². The lowest BCUT2D eigenvalue weighted by Gasteiger charge is -2.17. The summed E-state index contributed by atoms with van der Waals surface area (Å²) in [4.78, 5) is 10.5. The molecule has 0 amide bonds. The maximum atomic E-state index is 15.9. The zero-order valence-corrected chi connectivity index (χ0v) is 67.0. The fraction of sp³-hybridized carbons (Fsp3) is 0. The highest BCUT2D eigenvalue weighted by Crippen LogP contribution is 2.57. The van der Waals surface area contributed by atoms with Crippen molar-refractivity contribution < 1.29 is 9.13 Å². The van der Waals surface area contributed by atoms with Gasteiger partial charge in [-0.05, 0) is 151 Å². The molecule has 2 unspecified atom stereocenters. The van der Waals surface area contributed by atoms with Crippen LogP contribution in [0.25, 0.3) is 178 Å². The van der Waals surface area contributed by atoms with Gasteiger partial charge in [0.05, 0.1) is 44.8 Å². The number of para-hydroxylation sites is 2. The number of hydrogen-bond acceptors (Lipinski definition) is 4. The van der Waals surface area contributed by atoms with Gasteiger partial charge in [0.15, 0.2) is 14.3 Å². The van der Waals surface area contributed by atoms with Gasteiger partial charge in [-0.3, -0.25) is 0 Å². The molecule has 6 nitrogen and oxygen atoms in total. The Kier molecular flexibility index (Phi) is 17.7. The molecule has 2 aliphatic heterocycles. The monoisotopic (exact) mass is 1570 g/mol. The van der Waals surface area contributed by atoms with Crippen molar-refractivity contribution in [3.63, 3.8) is 0 Å². The molecule has 120 heavy (non-hydrogen) atoms. The molecule has 2 aliphatic rings. The first kappa shape index (κ1) is 71.6. The highest BCUT2D eigenvalue weighted by Gasteiger charge is 2.44. The number of aromatic nitrogens is 4. The van der Waals surface area contributed by atoms with Gasteiger partial charge in [0, 0.05) is 87.0 Å². The minimum absolute atomic E-state index is 0.859. The Labute approximate surface area is 696 Å². The molecular weight excluding hydrogens is 1500 g/mol. The van der Waals surface area contributed by atoms with Gasteiger partial charge in [0.2, 0.25) is 0 Å². The van der Waals surface area contributed by atoms with Gasteiger partial charge in [-0.2, -0.15) is 0 Å². The number of fused-ring (bicyclic) bond motifs is 14. The first-order valence-electron chi connectivity index (χ1n) is 40.7. The number of nitrogens with zero attached hydrogens (tertiary/aromatic N) is 4. The minimum atomic E-state index is -3.20. The Balaban J connectivity index is 0.000000145. The fourth-order valence-electron chi connectivity index (χ4n) is 18.3. The zero-order valence-electron chi connectivity index (χ0n) is 65.2. The second kappa shape index (κ2) is 29.7. The molecule has 21 aromatic rings. The number of benzene rings is 17. The highest BCUT2D eigenvalue weighted by atomic mass is 31.2. The summed E-state index contributed by atoms with van der Waals surface area (Å²) in [6.45, 7) is 0. The van der Waals surface area contributed by atoms with E-state index in [4.69, 9.17) is 9.97 Å². The van der Waals surface area contributed by atoms with Crippen LogP contribution in [0.3, 0.4) is 0 Å². The van der Waals surface area contributed by atoms with Crippen LogP contribution in [0.15, 0.2) is 449 Å². The molecule has 0 saturated heterocycles. The van der Waals surface area contributed by atoms with Crippen molar-refractivity contribution in [2.75, 3.05) is 0 Å². The topological polar surface area (TPSA) is 69.8 Å². The van der Waals surface area contributed by atoms with Crippen LogP contribution in [0.4, 0.5) is 0 Å². The molecule has 0 spiro atoms. The van der Waals surface area contributed by atoms with E-state index < -0.39 is 14.3 Å². The van der Waals surface area contributed by atoms with Crippen molar-refractivity contribution in [3.8, 4) is 134 Å². The molecule has 6 heterocycles. The van der Waals surface area contributed by atoms with Crippen LogP contribution in [-0.2, 0) is 9.13 Å². The van der Waals surface area contributed by atoms with E-state index in [0.717, 1.165) is 176 Å². The van der Waals surface area contributed by atoms with E-state index in [1.54, 1.807) is 0 Å². The van der Waals surface area contributed by atoms with Gasteiger partial charge < -0.3 is 18.3 Å². The summed E-state index contributed by atoms with van der Waals surface area (Å²) in [6, 6.07) is 157. The van der Waals surface area contributed by atoms with E-state index in [2.05, 4.69) is 367 Å². The summed E-state index contributed by atoms with van der Waals surface area (Å²) in [7, 11) is -6.37. The molecule has 0 radical (unpaired) electrons. The van der Waals surface area contributed by atoms with Crippen LogP contribution in [0.5, 0.6) is 0 Å². The van der Waals surface area contributed by atoms with Crippen molar-refractivity contribution in [3.05, 3.63) is 449 Å². The first-order chi connectivity index (χ1) is 59.3. The molecule has 8 heteroatoms. The van der Waals surface area contributed by atoms with Crippen LogP contribution in [0, 0.1) is 0 Å². The van der Waals surface area contributed by atoms with Gasteiger partial charge in [0.1, 0.15) is 0 Å². The van der Waals surface area contributed by atoms with Crippen LogP contribution in [-0.4, -0.2) is 19.1 Å². The predicted molar refractivity (Wildman–Crippen MR) is 503 cm³/mol. The highest BCUT2D eigenvalue weighted by molar-refractivity contribution is 7.87. The zero-order chi connectivity index (χ0) is 79.8. The minimum Gasteiger partial charge on any atom is -0.309 e. The van der Waals surface area contributed by atoms with Gasteiger partial charge in [0.25, 0.3) is 0 Å². The maximum absolute atomic E-state index is 15.9. The number of pyridine rings is 2. The Bertz CT molecular complexity index is 7530. The average molecular weight is 1570 g/mol. The van der Waals surface area contributed by atoms with Crippen molar-refractivity contribution >= 4 is 89.7 Å². The third kappa shape index (κ3) is 12.2. The van der Waals surface area contributed by atoms with E-state index in [9.17, 15) is 0 Å². The Morgan fingerprint density at radius 3 is 0.792 bits per heavy atom. The molecule has 23 rings (SSSR count). The molecule has 0 bridgehead atoms. The van der Waals surface area contributed by atoms with Crippen molar-refractivity contribution in [1.29, 1.82) is 0 Å². The molecule has 4 aromatic heterocycles. The summed E-state index contributed by atoms with van der Waals surface area (Å²) < 4.78 is 36.3. The predicted octanol–water partition coefficient (Wildman–Crippen LogP) is 26.6.